The van der Waals surface area contributed by atoms with E-state index in [4.69, 9.17) is 15.0 Å². The fraction of sp³-hybridized carbons (Fsp3) is 0.0200. The lowest BCUT2D eigenvalue weighted by Crippen LogP contribution is -2.25. The van der Waals surface area contributed by atoms with Crippen LogP contribution in [0.3, 0.4) is 0 Å². The molecule has 53 heavy (non-hydrogen) atoms. The molecule has 2 aromatic heterocycles. The Morgan fingerprint density at radius 1 is 0.302 bits per heavy atom. The van der Waals surface area contributed by atoms with Gasteiger partial charge in [0, 0.05) is 16.5 Å². The molecular weight excluding hydrogens is 643 g/mol. The highest BCUT2D eigenvalue weighted by atomic mass is 14.9. The van der Waals surface area contributed by atoms with Gasteiger partial charge in [-0.1, -0.05) is 164 Å². The van der Waals surface area contributed by atoms with E-state index in [1.165, 1.54) is 50.1 Å². The molecule has 2 aliphatic rings. The minimum Gasteiger partial charge on any atom is -0.244 e. The first kappa shape index (κ1) is 29.7. The van der Waals surface area contributed by atoms with Crippen molar-refractivity contribution in [2.75, 3.05) is 0 Å². The van der Waals surface area contributed by atoms with Crippen LogP contribution in [-0.4, -0.2) is 15.0 Å². The highest BCUT2D eigenvalue weighted by molar-refractivity contribution is 5.96. The smallest absolute Gasteiger partial charge is 0.179 e. The van der Waals surface area contributed by atoms with E-state index in [9.17, 15) is 0 Å². The first-order valence-electron chi connectivity index (χ1n) is 18.1. The Balaban J connectivity index is 1.03. The van der Waals surface area contributed by atoms with Gasteiger partial charge in [-0.2, -0.15) is 0 Å². The van der Waals surface area contributed by atoms with Crippen LogP contribution in [0.15, 0.2) is 188 Å². The molecule has 0 unspecified atom stereocenters. The topological polar surface area (TPSA) is 38.7 Å². The maximum Gasteiger partial charge on any atom is 0.179 e. The van der Waals surface area contributed by atoms with Crippen LogP contribution in [0.4, 0.5) is 0 Å². The number of rotatable bonds is 4. The standard InChI is InChI=1S/C50H31N3/c1-2-12-33(13-3-1)47-31-48(53-49(52-47)46-29-27-34-14-4-11-21-45(34)51-46)35-24-22-32(23-25-35)36-26-28-40-39-17-7-10-20-43(39)50(44(40)30-36)41-18-8-5-15-37(41)38-16-6-9-19-42(38)50/h1-31H. The zero-order chi connectivity index (χ0) is 34.9. The van der Waals surface area contributed by atoms with Crippen molar-refractivity contribution >= 4 is 10.9 Å². The number of benzene rings is 7. The van der Waals surface area contributed by atoms with Crippen molar-refractivity contribution in [1.29, 1.82) is 0 Å². The van der Waals surface area contributed by atoms with Gasteiger partial charge in [0.25, 0.3) is 0 Å². The fourth-order valence-corrected chi connectivity index (χ4v) is 8.76. The molecule has 0 fully saturated rings. The zero-order valence-corrected chi connectivity index (χ0v) is 28.7. The zero-order valence-electron chi connectivity index (χ0n) is 28.7. The van der Waals surface area contributed by atoms with Crippen molar-refractivity contribution in [1.82, 2.24) is 15.0 Å². The summed E-state index contributed by atoms with van der Waals surface area (Å²) in [5, 5.41) is 1.09. The maximum atomic E-state index is 5.10. The van der Waals surface area contributed by atoms with Crippen LogP contribution < -0.4 is 0 Å². The SMILES string of the molecule is c1ccc(-c2cc(-c3ccc(-c4ccc5c(c4)C4(c6ccccc6-c6ccccc64)c4ccccc4-5)cc3)nc(-c3ccc4ccccc4n3)n2)cc1. The van der Waals surface area contributed by atoms with E-state index in [0.717, 1.165) is 44.7 Å². The summed E-state index contributed by atoms with van der Waals surface area (Å²) in [7, 11) is 0. The van der Waals surface area contributed by atoms with E-state index in [1.54, 1.807) is 0 Å². The summed E-state index contributed by atoms with van der Waals surface area (Å²) in [6, 6.07) is 67.4. The van der Waals surface area contributed by atoms with Gasteiger partial charge < -0.3 is 0 Å². The molecule has 0 amide bonds. The molecule has 0 N–H and O–H groups in total. The Kier molecular flexibility index (Phi) is 6.47. The van der Waals surface area contributed by atoms with Gasteiger partial charge in [-0.15, -0.1) is 0 Å². The summed E-state index contributed by atoms with van der Waals surface area (Å²) in [4.78, 5) is 15.1. The van der Waals surface area contributed by atoms with Crippen molar-refractivity contribution in [3.8, 4) is 67.4 Å². The number of pyridine rings is 1. The Morgan fingerprint density at radius 2 is 0.811 bits per heavy atom. The average molecular weight is 674 g/mol. The number of nitrogens with zero attached hydrogens (tertiary/aromatic N) is 3. The maximum absolute atomic E-state index is 5.10. The summed E-state index contributed by atoms with van der Waals surface area (Å²) >= 11 is 0. The predicted molar refractivity (Wildman–Crippen MR) is 215 cm³/mol. The summed E-state index contributed by atoms with van der Waals surface area (Å²) in [5.74, 6) is 0.608. The Hall–Kier alpha value is -6.97. The van der Waals surface area contributed by atoms with Gasteiger partial charge in [-0.3, -0.25) is 0 Å². The molecule has 1 spiro atoms. The normalized spacial score (nSPS) is 13.1. The number of hydrogen-bond donors (Lipinski definition) is 0. The molecular formula is C50H31N3. The molecule has 0 radical (unpaired) electrons. The third-order valence-electron chi connectivity index (χ3n) is 11.1. The number of aromatic nitrogens is 3. The summed E-state index contributed by atoms with van der Waals surface area (Å²) in [6.45, 7) is 0. The molecule has 3 nitrogen and oxygen atoms in total. The number of para-hydroxylation sites is 1. The first-order valence-corrected chi connectivity index (χ1v) is 18.1. The second kappa shape index (κ2) is 11.5. The minimum absolute atomic E-state index is 0.364. The molecule has 2 aliphatic carbocycles. The van der Waals surface area contributed by atoms with Crippen LogP contribution in [-0.2, 0) is 5.41 Å². The van der Waals surface area contributed by atoms with Gasteiger partial charge in [-0.05, 0) is 79.9 Å². The van der Waals surface area contributed by atoms with Crippen LogP contribution in [0.2, 0.25) is 0 Å². The molecule has 2 heterocycles. The monoisotopic (exact) mass is 673 g/mol. The third kappa shape index (κ3) is 4.44. The van der Waals surface area contributed by atoms with Gasteiger partial charge >= 0.3 is 0 Å². The molecule has 0 bridgehead atoms. The predicted octanol–water partition coefficient (Wildman–Crippen LogP) is 12.0. The molecule has 9 aromatic rings. The van der Waals surface area contributed by atoms with Crippen LogP contribution in [0.1, 0.15) is 22.3 Å². The molecule has 246 valence electrons. The number of hydrogen-bond acceptors (Lipinski definition) is 3. The highest BCUT2D eigenvalue weighted by Crippen LogP contribution is 2.63. The van der Waals surface area contributed by atoms with E-state index < -0.39 is 0 Å². The van der Waals surface area contributed by atoms with E-state index in [2.05, 4.69) is 146 Å². The van der Waals surface area contributed by atoms with Crippen LogP contribution in [0.25, 0.3) is 78.3 Å². The van der Waals surface area contributed by atoms with Crippen molar-refractivity contribution in [2.24, 2.45) is 0 Å². The van der Waals surface area contributed by atoms with Gasteiger partial charge in [0.05, 0.1) is 22.3 Å². The Labute approximate surface area is 308 Å². The minimum atomic E-state index is -0.364. The molecule has 0 saturated heterocycles. The largest absolute Gasteiger partial charge is 0.244 e. The van der Waals surface area contributed by atoms with E-state index in [0.29, 0.717) is 5.82 Å². The second-order valence-corrected chi connectivity index (χ2v) is 13.9. The Bertz CT molecular complexity index is 2830. The fourth-order valence-electron chi connectivity index (χ4n) is 8.76. The van der Waals surface area contributed by atoms with Gasteiger partial charge in [0.1, 0.15) is 5.69 Å². The van der Waals surface area contributed by atoms with Gasteiger partial charge in [0.2, 0.25) is 0 Å². The van der Waals surface area contributed by atoms with Crippen molar-refractivity contribution in [3.05, 3.63) is 210 Å². The van der Waals surface area contributed by atoms with Crippen LogP contribution in [0, 0.1) is 0 Å². The summed E-state index contributed by atoms with van der Waals surface area (Å²) in [6.07, 6.45) is 0. The molecule has 7 aromatic carbocycles. The molecule has 3 heteroatoms. The van der Waals surface area contributed by atoms with Gasteiger partial charge in [0.15, 0.2) is 5.82 Å². The second-order valence-electron chi connectivity index (χ2n) is 13.9. The Morgan fingerprint density at radius 3 is 1.47 bits per heavy atom. The third-order valence-corrected chi connectivity index (χ3v) is 11.1. The molecule has 0 aliphatic heterocycles. The summed E-state index contributed by atoms with van der Waals surface area (Å²) < 4.78 is 0. The quantitative estimate of drug-likeness (QED) is 0.187. The van der Waals surface area contributed by atoms with E-state index in [-0.39, 0.29) is 5.41 Å². The van der Waals surface area contributed by atoms with Gasteiger partial charge in [-0.25, -0.2) is 15.0 Å². The van der Waals surface area contributed by atoms with Crippen LogP contribution in [0.5, 0.6) is 0 Å². The van der Waals surface area contributed by atoms with Crippen molar-refractivity contribution in [2.45, 2.75) is 5.41 Å². The van der Waals surface area contributed by atoms with Crippen LogP contribution >= 0.6 is 0 Å². The molecule has 0 atom stereocenters. The molecule has 11 rings (SSSR count). The number of fused-ring (bicyclic) bond motifs is 11. The summed E-state index contributed by atoms with van der Waals surface area (Å²) in [5.41, 5.74) is 18.1. The lowest BCUT2D eigenvalue weighted by atomic mass is 9.70. The lowest BCUT2D eigenvalue weighted by molar-refractivity contribution is 0.794. The van der Waals surface area contributed by atoms with Crippen molar-refractivity contribution < 1.29 is 0 Å². The van der Waals surface area contributed by atoms with E-state index in [1.807, 2.05) is 42.5 Å². The lowest BCUT2D eigenvalue weighted by Gasteiger charge is -2.30. The first-order chi connectivity index (χ1) is 26.3. The van der Waals surface area contributed by atoms with E-state index >= 15 is 0 Å². The average Bonchev–Trinajstić information content (AvgIpc) is 3.71. The van der Waals surface area contributed by atoms with Crippen molar-refractivity contribution in [3.63, 3.8) is 0 Å². The highest BCUT2D eigenvalue weighted by Gasteiger charge is 2.51. The molecule has 0 saturated carbocycles.